The Morgan fingerprint density at radius 1 is 0.871 bits per heavy atom. The molecule has 0 N–H and O–H groups in total. The first kappa shape index (κ1) is 20.5. The quantitative estimate of drug-likeness (QED) is 0.576. The number of halogens is 1. The zero-order valence-electron chi connectivity index (χ0n) is 16.8. The summed E-state index contributed by atoms with van der Waals surface area (Å²) in [5.41, 5.74) is 1.98. The molecule has 1 heterocycles. The van der Waals surface area contributed by atoms with Crippen LogP contribution in [-0.4, -0.2) is 28.7 Å². The fourth-order valence-corrected chi connectivity index (χ4v) is 3.74. The molecular weight excluding hydrogens is 395 g/mol. The lowest BCUT2D eigenvalue weighted by Crippen LogP contribution is -2.45. The highest BCUT2D eigenvalue weighted by Gasteiger charge is 2.44. The van der Waals surface area contributed by atoms with E-state index in [9.17, 15) is 18.8 Å². The van der Waals surface area contributed by atoms with Crippen molar-refractivity contribution >= 4 is 23.4 Å². The molecule has 0 aliphatic carbocycles. The minimum absolute atomic E-state index is 0.0878. The van der Waals surface area contributed by atoms with Crippen LogP contribution in [0.2, 0.25) is 0 Å². The molecule has 156 valence electrons. The third-order valence-corrected chi connectivity index (χ3v) is 5.30. The van der Waals surface area contributed by atoms with E-state index in [1.54, 1.807) is 42.5 Å². The monoisotopic (exact) mass is 416 g/mol. The molecule has 1 atom stereocenters. The van der Waals surface area contributed by atoms with Crippen molar-refractivity contribution in [2.75, 3.05) is 4.90 Å². The van der Waals surface area contributed by atoms with Gasteiger partial charge >= 0.3 is 0 Å². The van der Waals surface area contributed by atoms with Crippen LogP contribution in [0, 0.1) is 5.82 Å². The Labute approximate surface area is 179 Å². The van der Waals surface area contributed by atoms with Crippen LogP contribution >= 0.6 is 0 Å². The topological polar surface area (TPSA) is 57.7 Å². The first-order chi connectivity index (χ1) is 15.0. The fraction of sp³-hybridized carbons (Fsp3) is 0.160. The average molecular weight is 416 g/mol. The lowest BCUT2D eigenvalue weighted by molar-refractivity contribution is -0.138. The maximum absolute atomic E-state index is 13.3. The fourth-order valence-electron chi connectivity index (χ4n) is 3.74. The Hall–Kier alpha value is -3.80. The number of nitrogens with zero attached hydrogens (tertiary/aromatic N) is 2. The van der Waals surface area contributed by atoms with Gasteiger partial charge in [-0.1, -0.05) is 60.7 Å². The predicted molar refractivity (Wildman–Crippen MR) is 114 cm³/mol. The Morgan fingerprint density at radius 3 is 2.13 bits per heavy atom. The van der Waals surface area contributed by atoms with E-state index >= 15 is 0 Å². The Kier molecular flexibility index (Phi) is 5.89. The van der Waals surface area contributed by atoms with Gasteiger partial charge in [0.1, 0.15) is 11.9 Å². The normalized spacial score (nSPS) is 15.9. The summed E-state index contributed by atoms with van der Waals surface area (Å²) in [6.45, 7) is 0.109. The summed E-state index contributed by atoms with van der Waals surface area (Å²) in [5.74, 6) is -1.43. The molecule has 0 aromatic heterocycles. The third kappa shape index (κ3) is 4.53. The SMILES string of the molecule is O=C1CC(N(Cc2ccc(F)cc2)C(=O)Cc2ccccc2)C(=O)N1c1ccccc1. The average Bonchev–Trinajstić information content (AvgIpc) is 3.08. The summed E-state index contributed by atoms with van der Waals surface area (Å²) < 4.78 is 13.3. The van der Waals surface area contributed by atoms with E-state index in [4.69, 9.17) is 0 Å². The molecule has 0 saturated carbocycles. The van der Waals surface area contributed by atoms with Crippen molar-refractivity contribution in [3.8, 4) is 0 Å². The van der Waals surface area contributed by atoms with Crippen molar-refractivity contribution in [2.24, 2.45) is 0 Å². The molecule has 1 aliphatic heterocycles. The maximum Gasteiger partial charge on any atom is 0.257 e. The number of carbonyl (C=O) groups excluding carboxylic acids is 3. The number of hydrogen-bond donors (Lipinski definition) is 0. The maximum atomic E-state index is 13.3. The molecule has 0 bridgehead atoms. The Bertz CT molecular complexity index is 1080. The van der Waals surface area contributed by atoms with Crippen LogP contribution in [0.1, 0.15) is 17.5 Å². The van der Waals surface area contributed by atoms with Crippen LogP contribution in [-0.2, 0) is 27.3 Å². The number of rotatable bonds is 6. The largest absolute Gasteiger partial charge is 0.325 e. The lowest BCUT2D eigenvalue weighted by Gasteiger charge is -2.28. The van der Waals surface area contributed by atoms with Crippen LogP contribution in [0.25, 0.3) is 0 Å². The van der Waals surface area contributed by atoms with Crippen molar-refractivity contribution in [1.82, 2.24) is 4.90 Å². The van der Waals surface area contributed by atoms with Crippen LogP contribution in [0.4, 0.5) is 10.1 Å². The number of amides is 3. The number of imide groups is 1. The molecule has 4 rings (SSSR count). The van der Waals surface area contributed by atoms with Gasteiger partial charge in [-0.05, 0) is 35.4 Å². The second-order valence-corrected chi connectivity index (χ2v) is 7.43. The van der Waals surface area contributed by atoms with E-state index in [1.807, 2.05) is 30.3 Å². The number of benzene rings is 3. The first-order valence-corrected chi connectivity index (χ1v) is 10.0. The van der Waals surface area contributed by atoms with E-state index < -0.39 is 11.9 Å². The van der Waals surface area contributed by atoms with E-state index in [0.717, 1.165) is 10.5 Å². The van der Waals surface area contributed by atoms with E-state index in [0.29, 0.717) is 11.3 Å². The minimum Gasteiger partial charge on any atom is -0.325 e. The molecule has 1 fully saturated rings. The van der Waals surface area contributed by atoms with Crippen molar-refractivity contribution in [1.29, 1.82) is 0 Å². The highest BCUT2D eigenvalue weighted by Crippen LogP contribution is 2.27. The third-order valence-electron chi connectivity index (χ3n) is 5.30. The zero-order valence-corrected chi connectivity index (χ0v) is 16.8. The molecule has 0 radical (unpaired) electrons. The van der Waals surface area contributed by atoms with Crippen molar-refractivity contribution < 1.29 is 18.8 Å². The molecule has 3 aromatic rings. The summed E-state index contributed by atoms with van der Waals surface area (Å²) in [7, 11) is 0. The summed E-state index contributed by atoms with van der Waals surface area (Å²) >= 11 is 0. The van der Waals surface area contributed by atoms with Gasteiger partial charge in [-0.15, -0.1) is 0 Å². The Morgan fingerprint density at radius 2 is 1.48 bits per heavy atom. The van der Waals surface area contributed by atoms with Crippen molar-refractivity contribution in [3.63, 3.8) is 0 Å². The van der Waals surface area contributed by atoms with Gasteiger partial charge in [-0.25, -0.2) is 9.29 Å². The van der Waals surface area contributed by atoms with Crippen molar-refractivity contribution in [2.45, 2.75) is 25.4 Å². The zero-order chi connectivity index (χ0) is 21.8. The van der Waals surface area contributed by atoms with Crippen molar-refractivity contribution in [3.05, 3.63) is 102 Å². The number of para-hydroxylation sites is 1. The van der Waals surface area contributed by atoms with Gasteiger partial charge in [0.25, 0.3) is 5.91 Å². The van der Waals surface area contributed by atoms with Gasteiger partial charge in [0, 0.05) is 6.54 Å². The number of carbonyl (C=O) groups is 3. The smallest absolute Gasteiger partial charge is 0.257 e. The van der Waals surface area contributed by atoms with E-state index in [1.165, 1.54) is 17.0 Å². The molecule has 31 heavy (non-hydrogen) atoms. The van der Waals surface area contributed by atoms with Gasteiger partial charge in [0.05, 0.1) is 18.5 Å². The van der Waals surface area contributed by atoms with Gasteiger partial charge < -0.3 is 4.90 Å². The molecule has 5 nitrogen and oxygen atoms in total. The van der Waals surface area contributed by atoms with Crippen LogP contribution in [0.3, 0.4) is 0 Å². The highest BCUT2D eigenvalue weighted by atomic mass is 19.1. The summed E-state index contributed by atoms with van der Waals surface area (Å²) in [4.78, 5) is 41.7. The van der Waals surface area contributed by atoms with Gasteiger partial charge in [-0.3, -0.25) is 14.4 Å². The molecule has 1 unspecified atom stereocenters. The standard InChI is InChI=1S/C25H21FN2O3/c26-20-13-11-19(12-14-20)17-27(23(29)15-18-7-3-1-4-8-18)22-16-24(30)28(25(22)31)21-9-5-2-6-10-21/h1-14,22H,15-17H2. The molecule has 3 amide bonds. The second kappa shape index (κ2) is 8.92. The van der Waals surface area contributed by atoms with Gasteiger partial charge in [0.2, 0.25) is 11.8 Å². The highest BCUT2D eigenvalue weighted by molar-refractivity contribution is 6.23. The van der Waals surface area contributed by atoms with Gasteiger partial charge in [0.15, 0.2) is 0 Å². The lowest BCUT2D eigenvalue weighted by atomic mass is 10.1. The molecular formula is C25H21FN2O3. The first-order valence-electron chi connectivity index (χ1n) is 10.0. The molecule has 1 saturated heterocycles. The van der Waals surface area contributed by atoms with E-state index in [2.05, 4.69) is 0 Å². The molecule has 1 aliphatic rings. The number of anilines is 1. The van der Waals surface area contributed by atoms with E-state index in [-0.39, 0.29) is 37.0 Å². The summed E-state index contributed by atoms with van der Waals surface area (Å²) in [5, 5.41) is 0. The Balaban J connectivity index is 1.63. The molecule has 6 heteroatoms. The second-order valence-electron chi connectivity index (χ2n) is 7.43. The molecule has 0 spiro atoms. The van der Waals surface area contributed by atoms with Gasteiger partial charge in [-0.2, -0.15) is 0 Å². The number of hydrogen-bond acceptors (Lipinski definition) is 3. The summed E-state index contributed by atoms with van der Waals surface area (Å²) in [6.07, 6.45) is 0.0147. The summed E-state index contributed by atoms with van der Waals surface area (Å²) in [6, 6.07) is 22.8. The van der Waals surface area contributed by atoms with Crippen LogP contribution < -0.4 is 4.90 Å². The van der Waals surface area contributed by atoms with Crippen LogP contribution in [0.15, 0.2) is 84.9 Å². The predicted octanol–water partition coefficient (Wildman–Crippen LogP) is 3.73. The molecule has 3 aromatic carbocycles. The minimum atomic E-state index is -0.908. The van der Waals surface area contributed by atoms with Crippen LogP contribution in [0.5, 0.6) is 0 Å².